The van der Waals surface area contributed by atoms with Gasteiger partial charge in [0.1, 0.15) is 11.3 Å². The van der Waals surface area contributed by atoms with Crippen molar-refractivity contribution < 1.29 is 9.90 Å². The average molecular weight is 506 g/mol. The highest BCUT2D eigenvalue weighted by atomic mass is 79.9. The number of pyridine rings is 1. The maximum Gasteiger partial charge on any atom is 0.274 e. The Morgan fingerprint density at radius 1 is 1.24 bits per heavy atom. The summed E-state index contributed by atoms with van der Waals surface area (Å²) in [6.45, 7) is 1.55. The summed E-state index contributed by atoms with van der Waals surface area (Å²) in [4.78, 5) is 19.7. The van der Waals surface area contributed by atoms with Gasteiger partial charge in [-0.15, -0.1) is 0 Å². The first-order chi connectivity index (χ1) is 15.9. The molecular weight excluding hydrogens is 482 g/mol. The minimum atomic E-state index is -0.668. The summed E-state index contributed by atoms with van der Waals surface area (Å²) in [7, 11) is 0. The van der Waals surface area contributed by atoms with Gasteiger partial charge in [0.15, 0.2) is 0 Å². The number of carbonyl (C=O) groups excluding carboxylic acids is 1. The van der Waals surface area contributed by atoms with Crippen molar-refractivity contribution in [3.05, 3.63) is 69.6 Å². The second-order valence-corrected chi connectivity index (χ2v) is 10.5. The van der Waals surface area contributed by atoms with Crippen molar-refractivity contribution in [1.29, 1.82) is 5.26 Å². The van der Waals surface area contributed by atoms with Crippen LogP contribution in [0.15, 0.2) is 47.2 Å². The monoisotopic (exact) mass is 505 g/mol. The molecule has 0 unspecified atom stereocenters. The summed E-state index contributed by atoms with van der Waals surface area (Å²) < 4.78 is 2.67. The van der Waals surface area contributed by atoms with E-state index in [-0.39, 0.29) is 12.5 Å². The predicted octanol–water partition coefficient (Wildman–Crippen LogP) is 2.94. The minimum Gasteiger partial charge on any atom is -0.389 e. The van der Waals surface area contributed by atoms with Gasteiger partial charge < -0.3 is 19.7 Å². The van der Waals surface area contributed by atoms with Gasteiger partial charge in [0.05, 0.1) is 23.1 Å². The van der Waals surface area contributed by atoms with Crippen LogP contribution in [0.2, 0.25) is 0 Å². The molecule has 1 aromatic carbocycles. The minimum absolute atomic E-state index is 0.187. The number of nitrogens with zero attached hydrogens (tertiary/aromatic N) is 4. The van der Waals surface area contributed by atoms with E-state index in [1.165, 1.54) is 11.1 Å². The molecule has 2 atom stereocenters. The number of aliphatic hydroxyl groups is 1. The number of carbonyl (C=O) groups is 1. The molecule has 2 aromatic heterocycles. The molecule has 6 rings (SSSR count). The summed E-state index contributed by atoms with van der Waals surface area (Å²) >= 11 is 3.52. The van der Waals surface area contributed by atoms with Crippen LogP contribution in [0.25, 0.3) is 5.65 Å². The molecule has 3 aliphatic rings. The molecule has 3 aromatic rings. The van der Waals surface area contributed by atoms with Crippen LogP contribution in [0.4, 0.5) is 0 Å². The third-order valence-corrected chi connectivity index (χ3v) is 8.05. The maximum absolute atomic E-state index is 13.4. The third kappa shape index (κ3) is 3.30. The molecular formula is C25H24BrN5O2. The van der Waals surface area contributed by atoms with Crippen molar-refractivity contribution >= 4 is 27.5 Å². The fraction of sp³-hybridized carbons (Fsp3) is 0.400. The van der Waals surface area contributed by atoms with Gasteiger partial charge in [-0.2, -0.15) is 5.26 Å². The van der Waals surface area contributed by atoms with E-state index < -0.39 is 17.1 Å². The zero-order chi connectivity index (χ0) is 22.8. The largest absolute Gasteiger partial charge is 0.389 e. The number of benzene rings is 1. The Kier molecular flexibility index (Phi) is 4.67. The van der Waals surface area contributed by atoms with Crippen molar-refractivity contribution in [1.82, 2.24) is 19.6 Å². The van der Waals surface area contributed by atoms with Crippen molar-refractivity contribution in [2.75, 3.05) is 13.1 Å². The summed E-state index contributed by atoms with van der Waals surface area (Å²) in [6, 6.07) is 12.7. The SMILES string of the molecule is N#CC1(c2cc(Br)cn3cc(C(=O)N4CC[C@]5(Cc6ccccc6CN5)[C@H](O)C4)nc23)CC1. The predicted molar refractivity (Wildman–Crippen MR) is 126 cm³/mol. The molecule has 1 spiro atoms. The van der Waals surface area contributed by atoms with Gasteiger partial charge >= 0.3 is 0 Å². The number of β-amino-alcohol motifs (C(OH)–C–C–N with tert-alkyl or cyclic N) is 1. The van der Waals surface area contributed by atoms with Gasteiger partial charge in [0.25, 0.3) is 5.91 Å². The molecule has 1 saturated heterocycles. The number of halogens is 1. The summed E-state index contributed by atoms with van der Waals surface area (Å²) in [5.41, 5.74) is 3.47. The Morgan fingerprint density at radius 2 is 2.03 bits per heavy atom. The van der Waals surface area contributed by atoms with Crippen molar-refractivity contribution in [3.63, 3.8) is 0 Å². The van der Waals surface area contributed by atoms with Crippen molar-refractivity contribution in [3.8, 4) is 6.07 Å². The molecule has 1 saturated carbocycles. The molecule has 2 N–H and O–H groups in total. The van der Waals surface area contributed by atoms with Crippen LogP contribution in [0, 0.1) is 11.3 Å². The van der Waals surface area contributed by atoms with Gasteiger partial charge in [-0.25, -0.2) is 4.98 Å². The van der Waals surface area contributed by atoms with Crippen LogP contribution in [-0.2, 0) is 18.4 Å². The van der Waals surface area contributed by atoms with E-state index >= 15 is 0 Å². The van der Waals surface area contributed by atoms with Gasteiger partial charge in [0.2, 0.25) is 0 Å². The topological polar surface area (TPSA) is 93.7 Å². The van der Waals surface area contributed by atoms with Crippen LogP contribution >= 0.6 is 15.9 Å². The smallest absolute Gasteiger partial charge is 0.274 e. The van der Waals surface area contributed by atoms with E-state index in [0.717, 1.165) is 35.8 Å². The zero-order valence-corrected chi connectivity index (χ0v) is 19.7. The Bertz CT molecular complexity index is 1320. The molecule has 7 nitrogen and oxygen atoms in total. The van der Waals surface area contributed by atoms with Crippen LogP contribution < -0.4 is 5.32 Å². The first kappa shape index (κ1) is 20.8. The number of imidazole rings is 1. The highest BCUT2D eigenvalue weighted by Gasteiger charge is 2.48. The second-order valence-electron chi connectivity index (χ2n) is 9.60. The molecule has 1 aliphatic carbocycles. The van der Waals surface area contributed by atoms with E-state index in [9.17, 15) is 15.2 Å². The normalized spacial score (nSPS) is 25.6. The van der Waals surface area contributed by atoms with Crippen molar-refractivity contribution in [2.24, 2.45) is 0 Å². The number of aliphatic hydroxyl groups excluding tert-OH is 1. The number of amides is 1. The number of fused-ring (bicyclic) bond motifs is 2. The van der Waals surface area contributed by atoms with E-state index in [1.807, 2.05) is 28.8 Å². The average Bonchev–Trinajstić information content (AvgIpc) is 3.51. The molecule has 2 fully saturated rings. The molecule has 2 aliphatic heterocycles. The lowest BCUT2D eigenvalue weighted by molar-refractivity contribution is -0.0140. The number of hydrogen-bond donors (Lipinski definition) is 2. The summed E-state index contributed by atoms with van der Waals surface area (Å²) in [6.07, 6.45) is 5.97. The number of piperidine rings is 1. The Hall–Kier alpha value is -2.73. The first-order valence-corrected chi connectivity index (χ1v) is 12.1. The fourth-order valence-electron chi connectivity index (χ4n) is 5.40. The lowest BCUT2D eigenvalue weighted by atomic mass is 9.76. The number of aromatic nitrogens is 2. The first-order valence-electron chi connectivity index (χ1n) is 11.3. The lowest BCUT2D eigenvalue weighted by Crippen LogP contribution is -2.65. The van der Waals surface area contributed by atoms with Gasteiger partial charge in [0, 0.05) is 42.1 Å². The van der Waals surface area contributed by atoms with Gasteiger partial charge in [-0.1, -0.05) is 24.3 Å². The Balaban J connectivity index is 1.25. The quantitative estimate of drug-likeness (QED) is 0.558. The van der Waals surface area contributed by atoms with Crippen LogP contribution in [0.3, 0.4) is 0 Å². The lowest BCUT2D eigenvalue weighted by Gasteiger charge is -2.48. The van der Waals surface area contributed by atoms with Crippen LogP contribution in [-0.4, -0.2) is 50.0 Å². The molecule has 4 heterocycles. The molecule has 168 valence electrons. The maximum atomic E-state index is 13.4. The van der Waals surface area contributed by atoms with E-state index in [0.29, 0.717) is 24.3 Å². The number of hydrogen-bond acceptors (Lipinski definition) is 5. The van der Waals surface area contributed by atoms with E-state index in [4.69, 9.17) is 0 Å². The zero-order valence-electron chi connectivity index (χ0n) is 18.1. The summed E-state index contributed by atoms with van der Waals surface area (Å²) in [5, 5.41) is 24.4. The van der Waals surface area contributed by atoms with Gasteiger partial charge in [-0.3, -0.25) is 4.79 Å². The van der Waals surface area contributed by atoms with E-state index in [1.54, 1.807) is 11.1 Å². The number of nitriles is 1. The highest BCUT2D eigenvalue weighted by molar-refractivity contribution is 9.10. The number of nitrogens with one attached hydrogen (secondary N) is 1. The van der Waals surface area contributed by atoms with Gasteiger partial charge in [-0.05, 0) is 58.8 Å². The summed E-state index contributed by atoms with van der Waals surface area (Å²) in [5.74, 6) is -0.187. The Labute approximate surface area is 200 Å². The number of rotatable bonds is 2. The van der Waals surface area contributed by atoms with Crippen LogP contribution in [0.5, 0.6) is 0 Å². The number of likely N-dealkylation sites (tertiary alicyclic amines) is 1. The Morgan fingerprint density at radius 3 is 2.76 bits per heavy atom. The van der Waals surface area contributed by atoms with Crippen LogP contribution in [0.1, 0.15) is 46.4 Å². The molecule has 0 radical (unpaired) electrons. The second kappa shape index (κ2) is 7.39. The molecule has 1 amide bonds. The molecule has 8 heteroatoms. The molecule has 0 bridgehead atoms. The standard InChI is InChI=1S/C25H24BrN5O2/c26-18-9-19(24(15-27)5-6-24)22-29-20(13-31(22)12-18)23(33)30-8-7-25(21(32)14-30)10-16-3-1-2-4-17(16)11-28-25/h1-4,9,12-13,21,28,32H,5-8,10-11,14H2/t21-,25+/m1/s1. The van der Waals surface area contributed by atoms with E-state index in [2.05, 4.69) is 44.4 Å². The van der Waals surface area contributed by atoms with Crippen molar-refractivity contribution in [2.45, 2.75) is 49.3 Å². The molecule has 33 heavy (non-hydrogen) atoms. The fourth-order valence-corrected chi connectivity index (χ4v) is 5.85. The third-order valence-electron chi connectivity index (χ3n) is 7.62. The highest BCUT2D eigenvalue weighted by Crippen LogP contribution is 2.49.